The maximum atomic E-state index is 13.3. The van der Waals surface area contributed by atoms with Gasteiger partial charge in [0.25, 0.3) is 6.01 Å². The van der Waals surface area contributed by atoms with Crippen LogP contribution < -0.4 is 0 Å². The lowest BCUT2D eigenvalue weighted by Crippen LogP contribution is -2.48. The molecule has 0 aliphatic carbocycles. The van der Waals surface area contributed by atoms with E-state index in [1.165, 1.54) is 0 Å². The van der Waals surface area contributed by atoms with E-state index in [2.05, 4.69) is 20.4 Å². The summed E-state index contributed by atoms with van der Waals surface area (Å²) in [7, 11) is 0. The van der Waals surface area contributed by atoms with Gasteiger partial charge in [0.1, 0.15) is 0 Å². The molecule has 0 aliphatic heterocycles. The lowest BCUT2D eigenvalue weighted by molar-refractivity contribution is -0.343. The first-order chi connectivity index (χ1) is 8.12. The van der Waals surface area contributed by atoms with Crippen molar-refractivity contribution in [3.63, 3.8) is 0 Å². The van der Waals surface area contributed by atoms with Crippen molar-refractivity contribution in [3.05, 3.63) is 12.6 Å². The van der Waals surface area contributed by atoms with E-state index < -0.39 is 48.1 Å². The van der Waals surface area contributed by atoms with Crippen LogP contribution in [0, 0.1) is 0 Å². The predicted octanol–water partition coefficient (Wildman–Crippen LogP) is 2.25. The first-order valence-electron chi connectivity index (χ1n) is 4.16. The van der Waals surface area contributed by atoms with Crippen molar-refractivity contribution in [2.24, 2.45) is 0 Å². The van der Waals surface area contributed by atoms with Crippen LogP contribution in [0.1, 0.15) is 0 Å². The first-order valence-corrected chi connectivity index (χ1v) is 5.41. The normalized spacial score (nSPS) is 17.0. The lowest BCUT2D eigenvalue weighted by atomic mass is 10.3. The molecule has 0 bridgehead atoms. The molecule has 4 nitrogen and oxygen atoms in total. The third-order valence-corrected chi connectivity index (χ3v) is 2.13. The van der Waals surface area contributed by atoms with Gasteiger partial charge >= 0.3 is 12.0 Å². The van der Waals surface area contributed by atoms with Gasteiger partial charge in [0.15, 0.2) is 17.7 Å². The van der Waals surface area contributed by atoms with Crippen molar-refractivity contribution in [1.29, 1.82) is 0 Å². The van der Waals surface area contributed by atoms with Gasteiger partial charge in [-0.25, -0.2) is 4.21 Å². The van der Waals surface area contributed by atoms with E-state index in [0.29, 0.717) is 0 Å². The van der Waals surface area contributed by atoms with Gasteiger partial charge in [-0.15, -0.1) is 0 Å². The quantitative estimate of drug-likeness (QED) is 0.509. The predicted molar refractivity (Wildman–Crippen MR) is 47.2 cm³/mol. The zero-order chi connectivity index (χ0) is 14.4. The third kappa shape index (κ3) is 5.69. The van der Waals surface area contributed by atoms with Crippen molar-refractivity contribution < 1.29 is 44.5 Å². The summed E-state index contributed by atoms with van der Waals surface area (Å²) in [6, 6.07) is -1.64. The van der Waals surface area contributed by atoms with Crippen LogP contribution in [0.25, 0.3) is 0 Å². The number of alkyl halides is 4. The van der Waals surface area contributed by atoms with Crippen molar-refractivity contribution >= 4 is 11.1 Å². The average Bonchev–Trinajstić information content (AvgIpc) is 2.24. The molecule has 2 unspecified atom stereocenters. The van der Waals surface area contributed by atoms with Crippen LogP contribution in [0.2, 0.25) is 0 Å². The van der Waals surface area contributed by atoms with Crippen molar-refractivity contribution in [2.75, 3.05) is 19.0 Å². The Kier molecular flexibility index (Phi) is 6.63. The van der Waals surface area contributed by atoms with E-state index >= 15 is 0 Å². The van der Waals surface area contributed by atoms with E-state index in [9.17, 15) is 30.7 Å². The third-order valence-electron chi connectivity index (χ3n) is 1.49. The van der Waals surface area contributed by atoms with E-state index in [0.717, 1.165) is 0 Å². The van der Waals surface area contributed by atoms with E-state index in [1.54, 1.807) is 0 Å². The summed E-state index contributed by atoms with van der Waals surface area (Å²) >= 11 is -2.56. The smallest absolute Gasteiger partial charge is 0.452 e. The van der Waals surface area contributed by atoms with Crippen molar-refractivity contribution in [1.82, 2.24) is 0 Å². The largest absolute Gasteiger partial charge is 0.465 e. The molecule has 0 aromatic heterocycles. The Morgan fingerprint density at radius 3 is 2.22 bits per heavy atom. The molecule has 0 radical (unpaired) electrons. The van der Waals surface area contributed by atoms with Crippen LogP contribution in [0.3, 0.4) is 0 Å². The van der Waals surface area contributed by atoms with E-state index in [1.807, 2.05) is 0 Å². The Labute approximate surface area is 100 Å². The Balaban J connectivity index is 4.49. The molecular weight excluding hydrogens is 294 g/mol. The second-order valence-electron chi connectivity index (χ2n) is 2.79. The minimum absolute atomic E-state index is 0.852. The van der Waals surface area contributed by atoms with Gasteiger partial charge in [0.2, 0.25) is 0 Å². The van der Waals surface area contributed by atoms with Crippen LogP contribution in [0.4, 0.5) is 26.5 Å². The lowest BCUT2D eigenvalue weighted by Gasteiger charge is -2.27. The fourth-order valence-corrected chi connectivity index (χ4v) is 0.962. The molecular formula is C7H8F6O4S. The Morgan fingerprint density at radius 2 is 1.83 bits per heavy atom. The standard InChI is InChI=1S/C7H8F6O4S/c1-5(8)15-4-6(9,7(10,11)12)16-2-3-18(14)17-13/h1-4H2. The molecule has 0 fully saturated rings. The summed E-state index contributed by atoms with van der Waals surface area (Å²) in [4.78, 5) is 0. The molecule has 0 aromatic rings. The summed E-state index contributed by atoms with van der Waals surface area (Å²) in [5.41, 5.74) is 0. The summed E-state index contributed by atoms with van der Waals surface area (Å²) in [6.45, 7) is -0.462. The van der Waals surface area contributed by atoms with E-state index in [4.69, 9.17) is 0 Å². The maximum Gasteiger partial charge on any atom is 0.452 e. The van der Waals surface area contributed by atoms with Crippen LogP contribution >= 0.6 is 0 Å². The number of ether oxygens (including phenoxy) is 2. The molecule has 0 spiro atoms. The highest BCUT2D eigenvalue weighted by molar-refractivity contribution is 7.80. The molecule has 0 aliphatic rings. The fourth-order valence-electron chi connectivity index (χ4n) is 0.679. The fraction of sp³-hybridized carbons (Fsp3) is 0.714. The summed E-state index contributed by atoms with van der Waals surface area (Å²) < 4.78 is 93.8. The molecule has 0 aromatic carbocycles. The Morgan fingerprint density at radius 1 is 1.28 bits per heavy atom. The summed E-state index contributed by atoms with van der Waals surface area (Å²) in [5, 5.41) is 0. The molecule has 0 saturated carbocycles. The molecule has 0 heterocycles. The molecule has 0 rings (SSSR count). The summed E-state index contributed by atoms with van der Waals surface area (Å²) in [5.74, 6) is -5.18. The van der Waals surface area contributed by atoms with E-state index in [-0.39, 0.29) is 0 Å². The van der Waals surface area contributed by atoms with Gasteiger partial charge in [-0.05, 0) is 11.1 Å². The molecule has 0 amide bonds. The number of hydrogen-bond acceptors (Lipinski definition) is 4. The van der Waals surface area contributed by atoms with Crippen molar-refractivity contribution in [2.45, 2.75) is 12.0 Å². The molecule has 108 valence electrons. The zero-order valence-electron chi connectivity index (χ0n) is 8.64. The van der Waals surface area contributed by atoms with Gasteiger partial charge in [-0.3, -0.25) is 0 Å². The first kappa shape index (κ1) is 17.2. The SMILES string of the molecule is C=C(F)OCC(F)(OCCS(=O)OF)C(F)(F)F. The molecule has 18 heavy (non-hydrogen) atoms. The molecule has 0 saturated heterocycles. The van der Waals surface area contributed by atoms with Gasteiger partial charge in [-0.1, -0.05) is 4.39 Å². The second kappa shape index (κ2) is 6.95. The number of rotatable bonds is 8. The van der Waals surface area contributed by atoms with Gasteiger partial charge in [-0.2, -0.15) is 22.0 Å². The zero-order valence-corrected chi connectivity index (χ0v) is 9.45. The van der Waals surface area contributed by atoms with Gasteiger partial charge in [0.05, 0.1) is 12.4 Å². The summed E-state index contributed by atoms with van der Waals surface area (Å²) in [6.07, 6.45) is -5.53. The number of hydrogen-bond donors (Lipinski definition) is 0. The highest BCUT2D eigenvalue weighted by Gasteiger charge is 2.58. The van der Waals surface area contributed by atoms with Crippen LogP contribution in [-0.4, -0.2) is 35.2 Å². The monoisotopic (exact) mass is 302 g/mol. The van der Waals surface area contributed by atoms with Crippen molar-refractivity contribution in [3.8, 4) is 0 Å². The molecule has 0 N–H and O–H groups in total. The minimum Gasteiger partial charge on any atom is -0.465 e. The molecule has 11 heteroatoms. The van der Waals surface area contributed by atoms with Crippen LogP contribution in [0.15, 0.2) is 12.6 Å². The Hall–Kier alpha value is -0.810. The van der Waals surface area contributed by atoms with Gasteiger partial charge in [0, 0.05) is 0 Å². The highest BCUT2D eigenvalue weighted by Crippen LogP contribution is 2.35. The Bertz CT molecular complexity index is 309. The topological polar surface area (TPSA) is 44.8 Å². The number of halogens is 6. The second-order valence-corrected chi connectivity index (χ2v) is 3.93. The maximum absolute atomic E-state index is 13.3. The van der Waals surface area contributed by atoms with Crippen LogP contribution in [0.5, 0.6) is 0 Å². The van der Waals surface area contributed by atoms with Gasteiger partial charge < -0.3 is 9.47 Å². The minimum atomic E-state index is -5.53. The molecule has 2 atom stereocenters. The highest BCUT2D eigenvalue weighted by atomic mass is 32.2. The average molecular weight is 302 g/mol. The van der Waals surface area contributed by atoms with Crippen LogP contribution in [-0.2, 0) is 24.9 Å².